The van der Waals surface area contributed by atoms with Crippen LogP contribution in [0.5, 0.6) is 0 Å². The third-order valence-corrected chi connectivity index (χ3v) is 1.81. The van der Waals surface area contributed by atoms with Gasteiger partial charge in [-0.15, -0.1) is 4.91 Å². The van der Waals surface area contributed by atoms with Crippen molar-refractivity contribution in [2.45, 2.75) is 34.6 Å². The number of aliphatic hydroxyl groups is 1. The summed E-state index contributed by atoms with van der Waals surface area (Å²) >= 11 is 0. The van der Waals surface area contributed by atoms with Gasteiger partial charge in [0.1, 0.15) is 0 Å². The number of amides is 1. The van der Waals surface area contributed by atoms with Crippen LogP contribution >= 0.6 is 0 Å². The second-order valence-electron chi connectivity index (χ2n) is 3.10. The molecular formula is C16H26N2O4. The van der Waals surface area contributed by atoms with Gasteiger partial charge >= 0.3 is 0 Å². The molecule has 0 fully saturated rings. The first-order valence-electron chi connectivity index (χ1n) is 6.99. The van der Waals surface area contributed by atoms with E-state index in [4.69, 9.17) is 5.11 Å². The standard InChI is InChI=1S/C11H10N2O3.2C2H6.CH4O/c1-8(14)5-6-9-3-2-4-10(7-9)11(15)12-13-16;3*1-2/h2-7H,1H3,(H,12,15,16);2*1-2H3;2H,1H3/b6-5+;;;. The Kier molecular flexibility index (Phi) is 20.9. The number of nitrogens with zero attached hydrogens (tertiary/aromatic N) is 1. The molecule has 1 aromatic rings. The van der Waals surface area contributed by atoms with Gasteiger partial charge in [-0.2, -0.15) is 0 Å². The van der Waals surface area contributed by atoms with Crippen molar-refractivity contribution in [2.75, 3.05) is 7.11 Å². The quantitative estimate of drug-likeness (QED) is 0.506. The maximum Gasteiger partial charge on any atom is 0.273 e. The monoisotopic (exact) mass is 310 g/mol. The van der Waals surface area contributed by atoms with E-state index in [0.29, 0.717) is 11.1 Å². The molecule has 124 valence electrons. The first-order chi connectivity index (χ1) is 10.6. The van der Waals surface area contributed by atoms with E-state index in [-0.39, 0.29) is 5.78 Å². The molecule has 0 saturated heterocycles. The van der Waals surface area contributed by atoms with Crippen molar-refractivity contribution in [2.24, 2.45) is 5.29 Å². The predicted octanol–water partition coefficient (Wildman–Crippen LogP) is 3.36. The Morgan fingerprint density at radius 1 is 1.14 bits per heavy atom. The molecular weight excluding hydrogens is 284 g/mol. The van der Waals surface area contributed by atoms with E-state index >= 15 is 0 Å². The van der Waals surface area contributed by atoms with Crippen molar-refractivity contribution in [1.29, 1.82) is 0 Å². The lowest BCUT2D eigenvalue weighted by Crippen LogP contribution is -2.16. The minimum Gasteiger partial charge on any atom is -0.400 e. The molecule has 0 bridgehead atoms. The van der Waals surface area contributed by atoms with Gasteiger partial charge in [-0.3, -0.25) is 9.59 Å². The third-order valence-electron chi connectivity index (χ3n) is 1.81. The first-order valence-corrected chi connectivity index (χ1v) is 6.99. The summed E-state index contributed by atoms with van der Waals surface area (Å²) in [6.45, 7) is 9.43. The summed E-state index contributed by atoms with van der Waals surface area (Å²) in [5, 5.41) is 9.29. The molecule has 2 N–H and O–H groups in total. The number of allylic oxidation sites excluding steroid dienone is 1. The molecule has 0 atom stereocenters. The summed E-state index contributed by atoms with van der Waals surface area (Å²) in [6.07, 6.45) is 2.99. The zero-order chi connectivity index (χ0) is 18.0. The van der Waals surface area contributed by atoms with Crippen molar-refractivity contribution in [1.82, 2.24) is 5.43 Å². The highest BCUT2D eigenvalue weighted by molar-refractivity contribution is 5.95. The number of aliphatic hydroxyl groups excluding tert-OH is 1. The summed E-state index contributed by atoms with van der Waals surface area (Å²) in [4.78, 5) is 31.8. The van der Waals surface area contributed by atoms with Crippen molar-refractivity contribution in [3.8, 4) is 0 Å². The lowest BCUT2D eigenvalue weighted by atomic mass is 10.1. The van der Waals surface area contributed by atoms with Crippen LogP contribution in [-0.4, -0.2) is 23.9 Å². The third kappa shape index (κ3) is 12.7. The van der Waals surface area contributed by atoms with E-state index in [1.807, 2.05) is 27.7 Å². The summed E-state index contributed by atoms with van der Waals surface area (Å²) < 4.78 is 0. The van der Waals surface area contributed by atoms with Gasteiger partial charge in [0, 0.05) is 12.7 Å². The van der Waals surface area contributed by atoms with E-state index in [9.17, 15) is 14.5 Å². The van der Waals surface area contributed by atoms with Gasteiger partial charge < -0.3 is 5.11 Å². The molecule has 0 aliphatic heterocycles. The molecule has 0 saturated carbocycles. The Balaban J connectivity index is -0.000000535. The van der Waals surface area contributed by atoms with Crippen molar-refractivity contribution in [3.05, 3.63) is 46.4 Å². The van der Waals surface area contributed by atoms with Gasteiger partial charge in [0.25, 0.3) is 5.91 Å². The van der Waals surface area contributed by atoms with E-state index in [0.717, 1.165) is 7.11 Å². The molecule has 22 heavy (non-hydrogen) atoms. The molecule has 1 aromatic carbocycles. The number of nitroso groups, excluding NO2 is 1. The minimum absolute atomic E-state index is 0.0792. The van der Waals surface area contributed by atoms with Gasteiger partial charge in [-0.25, -0.2) is 5.43 Å². The molecule has 0 aliphatic carbocycles. The van der Waals surface area contributed by atoms with E-state index < -0.39 is 5.91 Å². The number of nitrogens with one attached hydrogen (secondary N) is 1. The molecule has 1 rings (SSSR count). The van der Waals surface area contributed by atoms with Crippen LogP contribution in [0.15, 0.2) is 35.6 Å². The smallest absolute Gasteiger partial charge is 0.273 e. The lowest BCUT2D eigenvalue weighted by Gasteiger charge is -1.98. The van der Waals surface area contributed by atoms with Gasteiger partial charge in [0.05, 0.1) is 5.29 Å². The molecule has 6 nitrogen and oxygen atoms in total. The number of carbonyl (C=O) groups is 2. The maximum atomic E-state index is 11.2. The number of hydrogen-bond donors (Lipinski definition) is 2. The average Bonchev–Trinajstić information content (AvgIpc) is 2.59. The topological polar surface area (TPSA) is 95.8 Å². The predicted molar refractivity (Wildman–Crippen MR) is 90.3 cm³/mol. The Labute approximate surface area is 132 Å². The maximum absolute atomic E-state index is 11.2. The molecule has 0 heterocycles. The van der Waals surface area contributed by atoms with Crippen LogP contribution in [0.25, 0.3) is 6.08 Å². The highest BCUT2D eigenvalue weighted by atomic mass is 16.3. The fourth-order valence-electron chi connectivity index (χ4n) is 1.10. The molecule has 0 unspecified atom stereocenters. The second kappa shape index (κ2) is 18.7. The fraction of sp³-hybridized carbons (Fsp3) is 0.375. The number of benzene rings is 1. The number of ketones is 1. The lowest BCUT2D eigenvalue weighted by molar-refractivity contribution is -0.112. The highest BCUT2D eigenvalue weighted by Crippen LogP contribution is 2.07. The Morgan fingerprint density at radius 2 is 1.68 bits per heavy atom. The van der Waals surface area contributed by atoms with Crippen molar-refractivity contribution < 1.29 is 14.7 Å². The molecule has 0 aliphatic rings. The molecule has 1 amide bonds. The van der Waals surface area contributed by atoms with Gasteiger partial charge in [-0.05, 0) is 30.7 Å². The largest absolute Gasteiger partial charge is 0.400 e. The van der Waals surface area contributed by atoms with Crippen LogP contribution in [0, 0.1) is 4.91 Å². The molecule has 0 aromatic heterocycles. The average molecular weight is 310 g/mol. The van der Waals surface area contributed by atoms with Crippen LogP contribution in [0.3, 0.4) is 0 Å². The Morgan fingerprint density at radius 3 is 2.14 bits per heavy atom. The number of rotatable bonds is 4. The van der Waals surface area contributed by atoms with Crippen molar-refractivity contribution in [3.63, 3.8) is 0 Å². The van der Waals surface area contributed by atoms with E-state index in [1.54, 1.807) is 35.8 Å². The fourth-order valence-corrected chi connectivity index (χ4v) is 1.10. The summed E-state index contributed by atoms with van der Waals surface area (Å²) in [5.41, 5.74) is 2.81. The second-order valence-corrected chi connectivity index (χ2v) is 3.10. The molecule has 6 heteroatoms. The zero-order valence-corrected chi connectivity index (χ0v) is 14.1. The summed E-state index contributed by atoms with van der Waals surface area (Å²) in [7, 11) is 1.00. The van der Waals surface area contributed by atoms with E-state index in [1.165, 1.54) is 13.0 Å². The normalized spacial score (nSPS) is 8.14. The highest BCUT2D eigenvalue weighted by Gasteiger charge is 2.04. The van der Waals surface area contributed by atoms with Gasteiger partial charge in [0.2, 0.25) is 0 Å². The Hall–Kier alpha value is -2.34. The minimum atomic E-state index is -0.576. The van der Waals surface area contributed by atoms with Crippen molar-refractivity contribution >= 4 is 17.8 Å². The van der Waals surface area contributed by atoms with Crippen LogP contribution in [0.4, 0.5) is 0 Å². The van der Waals surface area contributed by atoms with Crippen LogP contribution < -0.4 is 5.43 Å². The molecule has 0 radical (unpaired) electrons. The summed E-state index contributed by atoms with van der Waals surface area (Å²) in [6, 6.07) is 6.50. The van der Waals surface area contributed by atoms with Gasteiger partial charge in [-0.1, -0.05) is 45.9 Å². The first kappa shape index (κ1) is 24.7. The number of hydrogen-bond acceptors (Lipinski definition) is 5. The van der Waals surface area contributed by atoms with E-state index in [2.05, 4.69) is 5.29 Å². The summed E-state index contributed by atoms with van der Waals surface area (Å²) in [5.74, 6) is -0.655. The van der Waals surface area contributed by atoms with Crippen LogP contribution in [0.2, 0.25) is 0 Å². The van der Waals surface area contributed by atoms with Crippen LogP contribution in [0.1, 0.15) is 50.5 Å². The Bertz CT molecular complexity index is 457. The SMILES string of the molecule is CC.CC.CC(=O)/C=C/c1cccc(C(=O)NN=O)c1.CO. The van der Waals surface area contributed by atoms with Gasteiger partial charge in [0.15, 0.2) is 5.78 Å². The zero-order valence-electron chi connectivity index (χ0n) is 14.1. The number of carbonyl (C=O) groups excluding carboxylic acids is 2. The molecule has 0 spiro atoms. The van der Waals surface area contributed by atoms with Crippen LogP contribution in [-0.2, 0) is 4.79 Å².